The highest BCUT2D eigenvalue weighted by Crippen LogP contribution is 2.37. The summed E-state index contributed by atoms with van der Waals surface area (Å²) in [6.07, 6.45) is 1.52. The summed E-state index contributed by atoms with van der Waals surface area (Å²) < 4.78 is 27.3. The summed E-state index contributed by atoms with van der Waals surface area (Å²) in [5.41, 5.74) is 4.40. The van der Waals surface area contributed by atoms with Gasteiger partial charge in [0.1, 0.15) is 0 Å². The van der Waals surface area contributed by atoms with E-state index in [1.165, 1.54) is 6.20 Å². The van der Waals surface area contributed by atoms with Crippen LogP contribution in [0.4, 0.5) is 0 Å². The number of benzene rings is 2. The minimum absolute atomic E-state index is 0.183. The number of hydrogen-bond donors (Lipinski definition) is 1. The Kier molecular flexibility index (Phi) is 4.09. The zero-order chi connectivity index (χ0) is 19.3. The van der Waals surface area contributed by atoms with Crippen molar-refractivity contribution in [2.45, 2.75) is 25.7 Å². The summed E-state index contributed by atoms with van der Waals surface area (Å²) in [4.78, 5) is 0.183. The van der Waals surface area contributed by atoms with E-state index in [1.807, 2.05) is 26.8 Å². The van der Waals surface area contributed by atoms with E-state index in [2.05, 4.69) is 15.3 Å². The second kappa shape index (κ2) is 6.21. The van der Waals surface area contributed by atoms with Crippen molar-refractivity contribution in [3.8, 4) is 11.3 Å². The van der Waals surface area contributed by atoms with Crippen LogP contribution in [0.25, 0.3) is 22.2 Å². The lowest BCUT2D eigenvalue weighted by Gasteiger charge is -2.10. The molecule has 27 heavy (non-hydrogen) atoms. The fourth-order valence-electron chi connectivity index (χ4n) is 3.05. The molecule has 0 saturated heterocycles. The van der Waals surface area contributed by atoms with Gasteiger partial charge < -0.3 is 0 Å². The Bertz CT molecular complexity index is 1270. The highest BCUT2D eigenvalue weighted by Gasteiger charge is 2.24. The van der Waals surface area contributed by atoms with Gasteiger partial charge in [0.05, 0.1) is 27.3 Å². The number of aryl methyl sites for hydroxylation is 3. The topological polar surface area (TPSA) is 80.6 Å². The van der Waals surface area contributed by atoms with Crippen molar-refractivity contribution in [1.82, 2.24) is 19.4 Å². The third-order valence-corrected chi connectivity index (χ3v) is 6.57. The molecule has 0 aliphatic heterocycles. The number of hydrogen-bond acceptors (Lipinski definition) is 4. The average molecular weight is 401 g/mol. The predicted molar refractivity (Wildman–Crippen MR) is 106 cm³/mol. The molecule has 2 heterocycles. The molecule has 0 bridgehead atoms. The summed E-state index contributed by atoms with van der Waals surface area (Å²) in [6.45, 7) is 5.63. The van der Waals surface area contributed by atoms with Gasteiger partial charge in [-0.05, 0) is 50.6 Å². The Morgan fingerprint density at radius 1 is 1.07 bits per heavy atom. The van der Waals surface area contributed by atoms with Crippen molar-refractivity contribution < 1.29 is 8.42 Å². The molecule has 0 saturated carbocycles. The third-order valence-electron chi connectivity index (χ3n) is 4.47. The van der Waals surface area contributed by atoms with Gasteiger partial charge in [-0.3, -0.25) is 5.10 Å². The lowest BCUT2D eigenvalue weighted by Crippen LogP contribution is -2.14. The maximum absolute atomic E-state index is 13.1. The van der Waals surface area contributed by atoms with E-state index >= 15 is 0 Å². The van der Waals surface area contributed by atoms with Crippen molar-refractivity contribution in [2.75, 3.05) is 0 Å². The van der Waals surface area contributed by atoms with Crippen LogP contribution < -0.4 is 0 Å². The van der Waals surface area contributed by atoms with E-state index in [0.29, 0.717) is 27.2 Å². The molecule has 1 N–H and O–H groups in total. The summed E-state index contributed by atoms with van der Waals surface area (Å²) in [5, 5.41) is 12.5. The van der Waals surface area contributed by atoms with Crippen LogP contribution in [0.3, 0.4) is 0 Å². The van der Waals surface area contributed by atoms with Crippen LogP contribution in [0, 0.1) is 20.8 Å². The van der Waals surface area contributed by atoms with Crippen molar-refractivity contribution in [3.63, 3.8) is 0 Å². The minimum atomic E-state index is -3.83. The van der Waals surface area contributed by atoms with Gasteiger partial charge in [0.2, 0.25) is 0 Å². The Morgan fingerprint density at radius 3 is 2.41 bits per heavy atom. The van der Waals surface area contributed by atoms with Crippen LogP contribution in [-0.2, 0) is 10.0 Å². The van der Waals surface area contributed by atoms with Crippen molar-refractivity contribution in [1.29, 1.82) is 0 Å². The quantitative estimate of drug-likeness (QED) is 0.557. The van der Waals surface area contributed by atoms with Gasteiger partial charge in [0.15, 0.2) is 0 Å². The van der Waals surface area contributed by atoms with Crippen LogP contribution in [0.5, 0.6) is 0 Å². The molecule has 0 fully saturated rings. The van der Waals surface area contributed by atoms with Gasteiger partial charge in [0, 0.05) is 16.6 Å². The first-order valence-corrected chi connectivity index (χ1v) is 10.1. The van der Waals surface area contributed by atoms with Crippen LogP contribution >= 0.6 is 11.6 Å². The largest absolute Gasteiger partial charge is 0.283 e. The highest BCUT2D eigenvalue weighted by atomic mass is 35.5. The minimum Gasteiger partial charge on any atom is -0.282 e. The Labute approximate surface area is 161 Å². The molecule has 0 aliphatic carbocycles. The molecule has 0 radical (unpaired) electrons. The Hall–Kier alpha value is -2.64. The van der Waals surface area contributed by atoms with Crippen molar-refractivity contribution >= 4 is 32.5 Å². The normalized spacial score (nSPS) is 12.0. The number of halogens is 1. The molecule has 4 rings (SSSR count). The van der Waals surface area contributed by atoms with Crippen LogP contribution in [-0.4, -0.2) is 27.8 Å². The van der Waals surface area contributed by atoms with E-state index in [-0.39, 0.29) is 4.90 Å². The van der Waals surface area contributed by atoms with Gasteiger partial charge >= 0.3 is 0 Å². The van der Waals surface area contributed by atoms with E-state index < -0.39 is 10.0 Å². The SMILES string of the molecule is Cc1ccc(S(=O)(=O)n2ncc3c(-c4cc(C)[nH]n4)c(Cl)c(C)cc32)cc1. The Morgan fingerprint density at radius 2 is 1.78 bits per heavy atom. The zero-order valence-electron chi connectivity index (χ0n) is 15.0. The predicted octanol–water partition coefficient (Wildman–Crippen LogP) is 4.24. The van der Waals surface area contributed by atoms with Crippen molar-refractivity contribution in [3.05, 3.63) is 64.4 Å². The van der Waals surface area contributed by atoms with Gasteiger partial charge in [0.25, 0.3) is 10.0 Å². The molecular weight excluding hydrogens is 384 g/mol. The number of rotatable bonds is 3. The molecule has 0 aliphatic rings. The zero-order valence-corrected chi connectivity index (χ0v) is 16.6. The van der Waals surface area contributed by atoms with E-state index in [9.17, 15) is 8.42 Å². The van der Waals surface area contributed by atoms with Crippen LogP contribution in [0.2, 0.25) is 5.02 Å². The second-order valence-electron chi connectivity index (χ2n) is 6.56. The number of nitrogens with one attached hydrogen (secondary N) is 1. The summed E-state index contributed by atoms with van der Waals surface area (Å²) in [6, 6.07) is 10.3. The molecule has 6 nitrogen and oxygen atoms in total. The molecule has 2 aromatic carbocycles. The molecule has 0 unspecified atom stereocenters. The highest BCUT2D eigenvalue weighted by molar-refractivity contribution is 7.90. The lowest BCUT2D eigenvalue weighted by atomic mass is 10.0. The maximum atomic E-state index is 13.1. The average Bonchev–Trinajstić information content (AvgIpc) is 3.23. The molecule has 0 spiro atoms. The monoisotopic (exact) mass is 400 g/mol. The number of fused-ring (bicyclic) bond motifs is 1. The van der Waals surface area contributed by atoms with Gasteiger partial charge in [-0.1, -0.05) is 29.3 Å². The van der Waals surface area contributed by atoms with E-state index in [0.717, 1.165) is 20.9 Å². The number of aromatic amines is 1. The third kappa shape index (κ3) is 2.83. The number of nitrogens with zero attached hydrogens (tertiary/aromatic N) is 3. The van der Waals surface area contributed by atoms with Crippen molar-refractivity contribution in [2.24, 2.45) is 0 Å². The molecule has 4 aromatic rings. The van der Waals surface area contributed by atoms with Crippen LogP contribution in [0.1, 0.15) is 16.8 Å². The molecule has 8 heteroatoms. The van der Waals surface area contributed by atoms with Gasteiger partial charge in [-0.15, -0.1) is 0 Å². The summed E-state index contributed by atoms with van der Waals surface area (Å²) in [5.74, 6) is 0. The Balaban J connectivity index is 2.00. The molecule has 2 aromatic heterocycles. The van der Waals surface area contributed by atoms with Crippen LogP contribution in [0.15, 0.2) is 47.5 Å². The summed E-state index contributed by atoms with van der Waals surface area (Å²) >= 11 is 6.53. The maximum Gasteiger partial charge on any atom is 0.283 e. The number of H-pyrrole nitrogens is 1. The van der Waals surface area contributed by atoms with E-state index in [1.54, 1.807) is 30.3 Å². The molecular formula is C19H17ClN4O2S. The molecule has 138 valence electrons. The first-order valence-electron chi connectivity index (χ1n) is 8.30. The molecule has 0 atom stereocenters. The first kappa shape index (κ1) is 17.8. The van der Waals surface area contributed by atoms with Gasteiger partial charge in [-0.2, -0.15) is 22.7 Å². The first-order chi connectivity index (χ1) is 12.8. The van der Waals surface area contributed by atoms with E-state index in [4.69, 9.17) is 11.6 Å². The number of aromatic nitrogens is 4. The lowest BCUT2D eigenvalue weighted by molar-refractivity contribution is 0.582. The second-order valence-corrected chi connectivity index (χ2v) is 8.70. The molecule has 0 amide bonds. The fourth-order valence-corrected chi connectivity index (χ4v) is 4.56. The standard InChI is InChI=1S/C19H17ClN4O2S/c1-11-4-6-14(7-5-11)27(25,26)24-17-8-12(2)19(20)18(15(17)10-21-24)16-9-13(3)22-23-16/h4-10H,1-3H3,(H,22,23). The smallest absolute Gasteiger partial charge is 0.282 e. The fraction of sp³-hybridized carbons (Fsp3) is 0.158. The summed E-state index contributed by atoms with van der Waals surface area (Å²) in [7, 11) is -3.83. The van der Waals surface area contributed by atoms with Gasteiger partial charge in [-0.25, -0.2) is 0 Å².